The van der Waals surface area contributed by atoms with E-state index in [0.717, 1.165) is 16.9 Å². The lowest BCUT2D eigenvalue weighted by Crippen LogP contribution is -2.13. The smallest absolute Gasteiger partial charge is 0.348 e. The summed E-state index contributed by atoms with van der Waals surface area (Å²) in [5.74, 6) is -1.95. The van der Waals surface area contributed by atoms with Crippen molar-refractivity contribution in [1.82, 2.24) is 0 Å². The molecule has 3 aromatic rings. The van der Waals surface area contributed by atoms with Crippen molar-refractivity contribution in [2.24, 2.45) is 0 Å². The van der Waals surface area contributed by atoms with Gasteiger partial charge in [0.05, 0.1) is 5.69 Å². The van der Waals surface area contributed by atoms with E-state index in [9.17, 15) is 19.1 Å². The first-order chi connectivity index (χ1) is 11.9. The SMILES string of the molecule is Cc1ccc(C(=O)Nc2cc(-c3cccc(F)c3)sc2C(=O)O)cc1. The third-order valence-corrected chi connectivity index (χ3v) is 4.77. The van der Waals surface area contributed by atoms with Crippen molar-refractivity contribution in [2.45, 2.75) is 6.92 Å². The highest BCUT2D eigenvalue weighted by molar-refractivity contribution is 7.18. The Hall–Kier alpha value is -2.99. The number of nitrogens with one attached hydrogen (secondary N) is 1. The number of thiophene rings is 1. The van der Waals surface area contributed by atoms with Gasteiger partial charge in [-0.3, -0.25) is 4.79 Å². The van der Waals surface area contributed by atoms with Crippen molar-refractivity contribution in [1.29, 1.82) is 0 Å². The number of carboxylic acids is 1. The number of benzene rings is 2. The summed E-state index contributed by atoms with van der Waals surface area (Å²) in [6.45, 7) is 1.91. The van der Waals surface area contributed by atoms with Gasteiger partial charge < -0.3 is 10.4 Å². The molecule has 0 aliphatic carbocycles. The second-order valence-electron chi connectivity index (χ2n) is 5.49. The predicted molar refractivity (Wildman–Crippen MR) is 95.8 cm³/mol. The van der Waals surface area contributed by atoms with Gasteiger partial charge in [-0.1, -0.05) is 29.8 Å². The normalized spacial score (nSPS) is 10.5. The lowest BCUT2D eigenvalue weighted by atomic mass is 10.1. The Kier molecular flexibility index (Phi) is 4.63. The maximum absolute atomic E-state index is 13.4. The highest BCUT2D eigenvalue weighted by Crippen LogP contribution is 2.35. The molecule has 126 valence electrons. The summed E-state index contributed by atoms with van der Waals surface area (Å²) in [6.07, 6.45) is 0. The molecule has 3 rings (SSSR count). The summed E-state index contributed by atoms with van der Waals surface area (Å²) in [5.41, 5.74) is 2.21. The van der Waals surface area contributed by atoms with Crippen LogP contribution in [-0.4, -0.2) is 17.0 Å². The number of amides is 1. The van der Waals surface area contributed by atoms with Crippen LogP contribution in [0.1, 0.15) is 25.6 Å². The Morgan fingerprint density at radius 2 is 1.80 bits per heavy atom. The van der Waals surface area contributed by atoms with Gasteiger partial charge in [0, 0.05) is 10.4 Å². The van der Waals surface area contributed by atoms with Gasteiger partial charge in [-0.2, -0.15) is 0 Å². The maximum atomic E-state index is 13.4. The van der Waals surface area contributed by atoms with E-state index < -0.39 is 17.7 Å². The fourth-order valence-electron chi connectivity index (χ4n) is 2.33. The zero-order valence-corrected chi connectivity index (χ0v) is 14.1. The van der Waals surface area contributed by atoms with Gasteiger partial charge in [0.15, 0.2) is 0 Å². The van der Waals surface area contributed by atoms with Crippen LogP contribution < -0.4 is 5.32 Å². The number of hydrogen-bond acceptors (Lipinski definition) is 3. The Morgan fingerprint density at radius 3 is 2.44 bits per heavy atom. The molecule has 0 fully saturated rings. The van der Waals surface area contributed by atoms with Crippen LogP contribution >= 0.6 is 11.3 Å². The molecule has 0 aliphatic rings. The molecular formula is C19H14FNO3S. The molecule has 0 saturated heterocycles. The lowest BCUT2D eigenvalue weighted by molar-refractivity contribution is 0.0703. The summed E-state index contributed by atoms with van der Waals surface area (Å²) in [7, 11) is 0. The van der Waals surface area contributed by atoms with Crippen LogP contribution in [0.5, 0.6) is 0 Å². The van der Waals surface area contributed by atoms with Gasteiger partial charge in [0.25, 0.3) is 5.91 Å². The van der Waals surface area contributed by atoms with E-state index in [4.69, 9.17) is 0 Å². The van der Waals surface area contributed by atoms with Crippen LogP contribution in [0.4, 0.5) is 10.1 Å². The van der Waals surface area contributed by atoms with E-state index in [1.54, 1.807) is 42.5 Å². The zero-order valence-electron chi connectivity index (χ0n) is 13.2. The molecule has 1 heterocycles. The predicted octanol–water partition coefficient (Wildman–Crippen LogP) is 4.81. The lowest BCUT2D eigenvalue weighted by Gasteiger charge is -2.04. The Balaban J connectivity index is 1.94. The second-order valence-corrected chi connectivity index (χ2v) is 6.54. The number of aryl methyl sites for hydroxylation is 1. The Morgan fingerprint density at radius 1 is 1.08 bits per heavy atom. The molecule has 0 radical (unpaired) electrons. The van der Waals surface area contributed by atoms with Crippen molar-refractivity contribution in [2.75, 3.05) is 5.32 Å². The third-order valence-electron chi connectivity index (χ3n) is 3.60. The second kappa shape index (κ2) is 6.86. The topological polar surface area (TPSA) is 66.4 Å². The first-order valence-electron chi connectivity index (χ1n) is 7.45. The minimum absolute atomic E-state index is 0.000257. The van der Waals surface area contributed by atoms with E-state index in [1.807, 2.05) is 6.92 Å². The van der Waals surface area contributed by atoms with Crippen molar-refractivity contribution in [3.05, 3.63) is 76.4 Å². The molecule has 0 spiro atoms. The number of carboxylic acid groups (broad SMARTS) is 1. The monoisotopic (exact) mass is 355 g/mol. The number of rotatable bonds is 4. The van der Waals surface area contributed by atoms with Crippen molar-refractivity contribution < 1.29 is 19.1 Å². The molecule has 2 N–H and O–H groups in total. The fourth-order valence-corrected chi connectivity index (χ4v) is 3.27. The summed E-state index contributed by atoms with van der Waals surface area (Å²) >= 11 is 0.988. The Bertz CT molecular complexity index is 948. The molecule has 4 nitrogen and oxygen atoms in total. The number of halogens is 1. The first-order valence-corrected chi connectivity index (χ1v) is 8.27. The van der Waals surface area contributed by atoms with Gasteiger partial charge >= 0.3 is 5.97 Å². The average molecular weight is 355 g/mol. The van der Waals surface area contributed by atoms with Crippen LogP contribution in [0.2, 0.25) is 0 Å². The molecule has 1 amide bonds. The van der Waals surface area contributed by atoms with Gasteiger partial charge in [0.1, 0.15) is 10.7 Å². The largest absolute Gasteiger partial charge is 0.477 e. The summed E-state index contributed by atoms with van der Waals surface area (Å²) < 4.78 is 13.4. The summed E-state index contributed by atoms with van der Waals surface area (Å²) in [5, 5.41) is 12.0. The minimum atomic E-state index is -1.15. The third kappa shape index (κ3) is 3.75. The van der Waals surface area contributed by atoms with Crippen molar-refractivity contribution in [3.8, 4) is 10.4 Å². The number of hydrogen-bond donors (Lipinski definition) is 2. The van der Waals surface area contributed by atoms with Gasteiger partial charge in [0.2, 0.25) is 0 Å². The molecule has 25 heavy (non-hydrogen) atoms. The molecule has 0 bridgehead atoms. The standard InChI is InChI=1S/C19H14FNO3S/c1-11-5-7-12(8-6-11)18(22)21-15-10-16(25-17(15)19(23)24)13-3-2-4-14(20)9-13/h2-10H,1H3,(H,21,22)(H,23,24). The van der Waals surface area contributed by atoms with Gasteiger partial charge in [-0.15, -0.1) is 11.3 Å². The van der Waals surface area contributed by atoms with Crippen LogP contribution in [0, 0.1) is 12.7 Å². The first kappa shape index (κ1) is 16.9. The average Bonchev–Trinajstić information content (AvgIpc) is 2.99. The van der Waals surface area contributed by atoms with Crippen molar-refractivity contribution in [3.63, 3.8) is 0 Å². The van der Waals surface area contributed by atoms with E-state index >= 15 is 0 Å². The van der Waals surface area contributed by atoms with Crippen molar-refractivity contribution >= 4 is 28.9 Å². The summed E-state index contributed by atoms with van der Waals surface area (Å²) in [6, 6.07) is 14.4. The molecule has 2 aromatic carbocycles. The van der Waals surface area contributed by atoms with E-state index in [0.29, 0.717) is 16.0 Å². The highest BCUT2D eigenvalue weighted by Gasteiger charge is 2.19. The van der Waals surface area contributed by atoms with Crippen LogP contribution in [0.25, 0.3) is 10.4 Å². The van der Waals surface area contributed by atoms with Crippen LogP contribution in [0.15, 0.2) is 54.6 Å². The van der Waals surface area contributed by atoms with E-state index in [-0.39, 0.29) is 10.6 Å². The van der Waals surface area contributed by atoms with Crippen LogP contribution in [0.3, 0.4) is 0 Å². The molecular weight excluding hydrogens is 341 g/mol. The summed E-state index contributed by atoms with van der Waals surface area (Å²) in [4.78, 5) is 24.4. The highest BCUT2D eigenvalue weighted by atomic mass is 32.1. The number of anilines is 1. The number of aromatic carboxylic acids is 1. The molecule has 6 heteroatoms. The fraction of sp³-hybridized carbons (Fsp3) is 0.0526. The van der Waals surface area contributed by atoms with Gasteiger partial charge in [-0.25, -0.2) is 9.18 Å². The van der Waals surface area contributed by atoms with Crippen LogP contribution in [-0.2, 0) is 0 Å². The quantitative estimate of drug-likeness (QED) is 0.705. The zero-order chi connectivity index (χ0) is 18.0. The molecule has 0 aliphatic heterocycles. The van der Waals surface area contributed by atoms with E-state index in [1.165, 1.54) is 12.1 Å². The van der Waals surface area contributed by atoms with Gasteiger partial charge in [-0.05, 0) is 42.8 Å². The van der Waals surface area contributed by atoms with E-state index in [2.05, 4.69) is 5.32 Å². The Labute approximate surface area is 147 Å². The molecule has 0 unspecified atom stereocenters. The number of carbonyl (C=O) groups excluding carboxylic acids is 1. The minimum Gasteiger partial charge on any atom is -0.477 e. The molecule has 0 saturated carbocycles. The molecule has 0 atom stereocenters. The maximum Gasteiger partial charge on any atom is 0.348 e. The molecule has 1 aromatic heterocycles. The number of carbonyl (C=O) groups is 2.